The largest absolute Gasteiger partial charge is 0.462 e. The van der Waals surface area contributed by atoms with E-state index in [1.54, 1.807) is 0 Å². The van der Waals surface area contributed by atoms with Gasteiger partial charge in [-0.15, -0.1) is 0 Å². The third-order valence-electron chi connectivity index (χ3n) is 14.0. The molecule has 0 saturated carbocycles. The van der Waals surface area contributed by atoms with E-state index in [4.69, 9.17) is 14.2 Å². The van der Waals surface area contributed by atoms with E-state index in [1.165, 1.54) is 116 Å². The van der Waals surface area contributed by atoms with Gasteiger partial charge in [0.05, 0.1) is 0 Å². The summed E-state index contributed by atoms with van der Waals surface area (Å²) in [6.07, 6.45) is 101. The van der Waals surface area contributed by atoms with E-state index in [2.05, 4.69) is 173 Å². The molecule has 0 aromatic heterocycles. The normalized spacial score (nSPS) is 13.1. The van der Waals surface area contributed by atoms with Crippen molar-refractivity contribution >= 4 is 17.9 Å². The van der Waals surface area contributed by atoms with E-state index in [9.17, 15) is 14.4 Å². The minimum Gasteiger partial charge on any atom is -0.462 e. The molecular formula is C77H124O6. The molecule has 1 atom stereocenters. The zero-order valence-electron chi connectivity index (χ0n) is 53.7. The van der Waals surface area contributed by atoms with Crippen molar-refractivity contribution in [1.29, 1.82) is 0 Å². The van der Waals surface area contributed by atoms with Gasteiger partial charge in [-0.25, -0.2) is 0 Å². The summed E-state index contributed by atoms with van der Waals surface area (Å²) in [4.78, 5) is 38.3. The van der Waals surface area contributed by atoms with Gasteiger partial charge in [0.15, 0.2) is 6.10 Å². The van der Waals surface area contributed by atoms with Gasteiger partial charge in [0.25, 0.3) is 0 Å². The number of hydrogen-bond acceptors (Lipinski definition) is 6. The summed E-state index contributed by atoms with van der Waals surface area (Å²) in [5, 5.41) is 0. The first-order valence-corrected chi connectivity index (χ1v) is 34.0. The molecule has 6 nitrogen and oxygen atoms in total. The fourth-order valence-electron chi connectivity index (χ4n) is 9.00. The maximum absolute atomic E-state index is 12.9. The molecule has 83 heavy (non-hydrogen) atoms. The highest BCUT2D eigenvalue weighted by molar-refractivity contribution is 5.71. The summed E-state index contributed by atoms with van der Waals surface area (Å²) in [5.74, 6) is -1.01. The number of rotatable bonds is 60. The Hall–Kier alpha value is -4.97. The molecule has 0 aliphatic rings. The van der Waals surface area contributed by atoms with Crippen molar-refractivity contribution in [2.24, 2.45) is 0 Å². The van der Waals surface area contributed by atoms with Crippen LogP contribution in [0.5, 0.6) is 0 Å². The van der Waals surface area contributed by atoms with Crippen molar-refractivity contribution in [1.82, 2.24) is 0 Å². The molecule has 0 amide bonds. The first-order valence-electron chi connectivity index (χ1n) is 34.0. The van der Waals surface area contributed by atoms with Crippen LogP contribution in [-0.2, 0) is 28.6 Å². The van der Waals surface area contributed by atoms with Crippen LogP contribution in [0, 0.1) is 0 Å². The lowest BCUT2D eigenvalue weighted by molar-refractivity contribution is -0.166. The Labute approximate surface area is 511 Å². The van der Waals surface area contributed by atoms with E-state index >= 15 is 0 Å². The fraction of sp³-hybridized carbons (Fsp3) is 0.623. The van der Waals surface area contributed by atoms with Gasteiger partial charge in [0.1, 0.15) is 13.2 Å². The Morgan fingerprint density at radius 1 is 0.253 bits per heavy atom. The molecule has 0 spiro atoms. The first-order chi connectivity index (χ1) is 41.0. The van der Waals surface area contributed by atoms with Gasteiger partial charge < -0.3 is 14.2 Å². The molecule has 0 fully saturated rings. The number of carbonyl (C=O) groups is 3. The Balaban J connectivity index is 4.39. The van der Waals surface area contributed by atoms with Crippen molar-refractivity contribution in [3.63, 3.8) is 0 Å². The SMILES string of the molecule is CC/C=C\C/C=C\C/C=C\C/C=C\C/C=C\C/C=C\C/C=C\C/C=C\CCCCCCCCC(=O)OCC(COC(=O)CC/C=C\C/C=C\C/C=C\C/C=C\CC)OC(=O)CCCCCCCCCCC/C=C\CCCCCCCCCC. The smallest absolute Gasteiger partial charge is 0.306 e. The molecule has 0 aliphatic carbocycles. The lowest BCUT2D eigenvalue weighted by atomic mass is 10.1. The number of unbranched alkanes of at least 4 members (excludes halogenated alkanes) is 23. The molecule has 0 aromatic carbocycles. The van der Waals surface area contributed by atoms with E-state index < -0.39 is 6.10 Å². The van der Waals surface area contributed by atoms with Crippen LogP contribution < -0.4 is 0 Å². The quantitative estimate of drug-likeness (QED) is 0.0261. The van der Waals surface area contributed by atoms with E-state index in [0.717, 1.165) is 128 Å². The van der Waals surface area contributed by atoms with Crippen LogP contribution >= 0.6 is 0 Å². The summed E-state index contributed by atoms with van der Waals surface area (Å²) in [6, 6.07) is 0. The number of carbonyl (C=O) groups excluding carboxylic acids is 3. The topological polar surface area (TPSA) is 78.9 Å². The van der Waals surface area contributed by atoms with E-state index in [-0.39, 0.29) is 37.5 Å². The molecule has 0 rings (SSSR count). The lowest BCUT2D eigenvalue weighted by Gasteiger charge is -2.18. The standard InChI is InChI=1S/C77H124O6/c1-4-7-10-13-16-19-22-25-27-29-31-33-34-35-36-37-38-39-40-41-42-44-45-47-49-52-55-58-61-64-67-70-76(79)82-73-74(72-81-75(78)69-66-63-60-57-54-51-24-21-18-15-12-9-6-3)83-77(80)71-68-65-62-59-56-53-50-48-46-43-32-30-28-26-23-20-17-14-11-8-5-2/h7,9-10,12,16,18-19,21,25,27,30-33,35-36,38-39,41-42,45,47,51,54,60,63,74H,4-6,8,11,13-15,17,20,22-24,26,28-29,34,37,40,43-44,46,48-50,52-53,55-59,61-62,64-73H2,1-3H3/b10-7-,12-9-,19-16-,21-18-,27-25-,32-30-,33-31-,36-35-,39-38-,42-41-,47-45-,54-51-,63-60-. The van der Waals surface area contributed by atoms with Gasteiger partial charge in [-0.1, -0.05) is 294 Å². The maximum Gasteiger partial charge on any atom is 0.306 e. The maximum atomic E-state index is 12.9. The van der Waals surface area contributed by atoms with Crippen molar-refractivity contribution in [3.8, 4) is 0 Å². The minimum absolute atomic E-state index is 0.114. The van der Waals surface area contributed by atoms with Crippen molar-refractivity contribution < 1.29 is 28.6 Å². The van der Waals surface area contributed by atoms with Crippen LogP contribution in [0.4, 0.5) is 0 Å². The molecule has 0 heterocycles. The van der Waals surface area contributed by atoms with Crippen LogP contribution in [0.15, 0.2) is 158 Å². The van der Waals surface area contributed by atoms with Gasteiger partial charge in [-0.3, -0.25) is 14.4 Å². The zero-order chi connectivity index (χ0) is 59.9. The third kappa shape index (κ3) is 67.7. The molecule has 0 N–H and O–H groups in total. The Morgan fingerprint density at radius 2 is 0.494 bits per heavy atom. The number of esters is 3. The Morgan fingerprint density at radius 3 is 0.819 bits per heavy atom. The van der Waals surface area contributed by atoms with Gasteiger partial charge in [0.2, 0.25) is 0 Å². The predicted molar refractivity (Wildman–Crippen MR) is 362 cm³/mol. The zero-order valence-corrected chi connectivity index (χ0v) is 53.7. The van der Waals surface area contributed by atoms with Crippen LogP contribution in [0.1, 0.15) is 290 Å². The van der Waals surface area contributed by atoms with E-state index in [0.29, 0.717) is 19.3 Å². The van der Waals surface area contributed by atoms with Gasteiger partial charge in [-0.05, 0) is 135 Å². The first kappa shape index (κ1) is 78.0. The Kier molecular flexibility index (Phi) is 65.4. The van der Waals surface area contributed by atoms with Gasteiger partial charge in [0, 0.05) is 19.3 Å². The predicted octanol–water partition coefficient (Wildman–Crippen LogP) is 23.7. The van der Waals surface area contributed by atoms with E-state index in [1.807, 2.05) is 6.08 Å². The average molecular weight is 1150 g/mol. The van der Waals surface area contributed by atoms with Gasteiger partial charge in [-0.2, -0.15) is 0 Å². The summed E-state index contributed by atoms with van der Waals surface area (Å²) in [6.45, 7) is 6.34. The highest BCUT2D eigenvalue weighted by Crippen LogP contribution is 2.15. The van der Waals surface area contributed by atoms with Crippen molar-refractivity contribution in [2.75, 3.05) is 13.2 Å². The number of ether oxygens (including phenoxy) is 3. The number of hydrogen-bond donors (Lipinski definition) is 0. The second kappa shape index (κ2) is 69.5. The second-order valence-electron chi connectivity index (χ2n) is 22.0. The third-order valence-corrected chi connectivity index (χ3v) is 14.0. The molecule has 0 radical (unpaired) electrons. The Bertz CT molecular complexity index is 1840. The molecule has 0 bridgehead atoms. The molecule has 6 heteroatoms. The minimum atomic E-state index is -0.823. The van der Waals surface area contributed by atoms with Gasteiger partial charge >= 0.3 is 17.9 Å². The monoisotopic (exact) mass is 1140 g/mol. The van der Waals surface area contributed by atoms with Crippen LogP contribution in [0.3, 0.4) is 0 Å². The van der Waals surface area contributed by atoms with Crippen LogP contribution in [0.2, 0.25) is 0 Å². The highest BCUT2D eigenvalue weighted by Gasteiger charge is 2.19. The van der Waals surface area contributed by atoms with Crippen LogP contribution in [-0.4, -0.2) is 37.2 Å². The van der Waals surface area contributed by atoms with Crippen LogP contribution in [0.25, 0.3) is 0 Å². The molecule has 0 saturated heterocycles. The molecule has 1 unspecified atom stereocenters. The molecule has 468 valence electrons. The molecule has 0 aliphatic heterocycles. The summed E-state index contributed by atoms with van der Waals surface area (Å²) < 4.78 is 16.9. The summed E-state index contributed by atoms with van der Waals surface area (Å²) >= 11 is 0. The van der Waals surface area contributed by atoms with Crippen molar-refractivity contribution in [2.45, 2.75) is 297 Å². The summed E-state index contributed by atoms with van der Waals surface area (Å²) in [7, 11) is 0. The van der Waals surface area contributed by atoms with Crippen molar-refractivity contribution in [3.05, 3.63) is 158 Å². The molecule has 0 aromatic rings. The lowest BCUT2D eigenvalue weighted by Crippen LogP contribution is -2.30. The molecular weight excluding hydrogens is 1020 g/mol. The fourth-order valence-corrected chi connectivity index (χ4v) is 9.00. The average Bonchev–Trinajstić information content (AvgIpc) is 3.49. The number of allylic oxidation sites excluding steroid dienone is 26. The second-order valence-corrected chi connectivity index (χ2v) is 22.0. The highest BCUT2D eigenvalue weighted by atomic mass is 16.6. The summed E-state index contributed by atoms with van der Waals surface area (Å²) in [5.41, 5.74) is 0.